The largest absolute Gasteiger partial charge is 0.396 e. The monoisotopic (exact) mass is 398 g/mol. The smallest absolute Gasteiger partial charge is 0.236 e. The summed E-state index contributed by atoms with van der Waals surface area (Å²) in [5, 5.41) is 13.9. The molecule has 7 nitrogen and oxygen atoms in total. The van der Waals surface area contributed by atoms with Gasteiger partial charge in [0.15, 0.2) is 11.6 Å². The van der Waals surface area contributed by atoms with E-state index in [2.05, 4.69) is 6.07 Å². The predicted octanol–water partition coefficient (Wildman–Crippen LogP) is 2.69. The van der Waals surface area contributed by atoms with E-state index in [-0.39, 0.29) is 18.6 Å². The van der Waals surface area contributed by atoms with Crippen molar-refractivity contribution in [1.29, 1.82) is 0 Å². The van der Waals surface area contributed by atoms with Gasteiger partial charge in [-0.25, -0.2) is 9.67 Å². The molecule has 0 bridgehead atoms. The number of aliphatic hydroxyl groups excluding tert-OH is 1. The van der Waals surface area contributed by atoms with Crippen LogP contribution in [0.5, 0.6) is 0 Å². The lowest BCUT2D eigenvalue weighted by atomic mass is 9.85. The second-order valence-electron chi connectivity index (χ2n) is 8.57. The van der Waals surface area contributed by atoms with E-state index in [9.17, 15) is 9.90 Å². The predicted molar refractivity (Wildman–Crippen MR) is 111 cm³/mol. The lowest BCUT2D eigenvalue weighted by Crippen LogP contribution is -2.33. The normalized spacial score (nSPS) is 20.9. The first-order chi connectivity index (χ1) is 13.9. The number of nitrogens with zero attached hydrogens (tertiary/aromatic N) is 4. The molecule has 0 aliphatic carbocycles. The number of carbonyl (C=O) groups excluding carboxylic acids is 1. The van der Waals surface area contributed by atoms with Crippen LogP contribution in [0.15, 0.2) is 18.2 Å². The van der Waals surface area contributed by atoms with E-state index < -0.39 is 5.41 Å². The standard InChI is InChI=1S/C22H30N4O3/c1-22(2)17-13-15(9-10-18(17)25(3)21(22)28)20-23-19(8-6-11-27)24-26(20)14-16-7-4-5-12-29-16/h9-10,13,16,27H,4-8,11-12,14H2,1-3H3. The van der Waals surface area contributed by atoms with E-state index in [0.29, 0.717) is 19.4 Å². The highest BCUT2D eigenvalue weighted by Crippen LogP contribution is 2.42. The van der Waals surface area contributed by atoms with E-state index in [0.717, 1.165) is 47.9 Å². The highest BCUT2D eigenvalue weighted by Gasteiger charge is 2.42. The number of aliphatic hydroxyl groups is 1. The Morgan fingerprint density at radius 1 is 1.31 bits per heavy atom. The Labute approximate surface area is 171 Å². The number of aryl methyl sites for hydroxylation is 1. The Bertz CT molecular complexity index is 899. The fraction of sp³-hybridized carbons (Fsp3) is 0.591. The number of hydrogen-bond acceptors (Lipinski definition) is 5. The molecule has 1 aromatic heterocycles. The van der Waals surface area contributed by atoms with Crippen LogP contribution in [-0.2, 0) is 27.9 Å². The fourth-order valence-corrected chi connectivity index (χ4v) is 4.33. The summed E-state index contributed by atoms with van der Waals surface area (Å²) < 4.78 is 7.86. The van der Waals surface area contributed by atoms with Crippen molar-refractivity contribution in [3.63, 3.8) is 0 Å². The first kappa shape index (κ1) is 20.0. The Morgan fingerprint density at radius 3 is 2.86 bits per heavy atom. The lowest BCUT2D eigenvalue weighted by molar-refractivity contribution is -0.121. The van der Waals surface area contributed by atoms with Crippen LogP contribution in [-0.4, -0.2) is 52.1 Å². The summed E-state index contributed by atoms with van der Waals surface area (Å²) >= 11 is 0. The second kappa shape index (κ2) is 7.88. The van der Waals surface area contributed by atoms with Crippen LogP contribution in [0.3, 0.4) is 0 Å². The number of fused-ring (bicyclic) bond motifs is 1. The molecule has 1 saturated heterocycles. The molecule has 1 unspecified atom stereocenters. The molecule has 1 amide bonds. The van der Waals surface area contributed by atoms with Crippen molar-refractivity contribution in [2.24, 2.45) is 0 Å². The molecule has 29 heavy (non-hydrogen) atoms. The minimum atomic E-state index is -0.558. The van der Waals surface area contributed by atoms with E-state index in [1.54, 1.807) is 4.90 Å². The number of ether oxygens (including phenoxy) is 1. The number of rotatable bonds is 6. The zero-order valence-corrected chi connectivity index (χ0v) is 17.5. The maximum atomic E-state index is 12.6. The molecule has 1 aromatic carbocycles. The average Bonchev–Trinajstić information content (AvgIpc) is 3.20. The maximum Gasteiger partial charge on any atom is 0.236 e. The van der Waals surface area contributed by atoms with Gasteiger partial charge < -0.3 is 14.7 Å². The number of likely N-dealkylation sites (N-methyl/N-ethyl adjacent to an activating group) is 1. The summed E-state index contributed by atoms with van der Waals surface area (Å²) in [6.45, 7) is 5.52. The fourth-order valence-electron chi connectivity index (χ4n) is 4.33. The summed E-state index contributed by atoms with van der Waals surface area (Å²) in [5.74, 6) is 1.64. The van der Waals surface area contributed by atoms with Crippen LogP contribution in [0.4, 0.5) is 5.69 Å². The number of amides is 1. The molecular formula is C22H30N4O3. The van der Waals surface area contributed by atoms with Crippen molar-refractivity contribution in [3.8, 4) is 11.4 Å². The molecule has 1 N–H and O–H groups in total. The number of anilines is 1. The van der Waals surface area contributed by atoms with Crippen molar-refractivity contribution in [3.05, 3.63) is 29.6 Å². The quantitative estimate of drug-likeness (QED) is 0.809. The van der Waals surface area contributed by atoms with E-state index >= 15 is 0 Å². The Balaban J connectivity index is 1.71. The number of carbonyl (C=O) groups is 1. The highest BCUT2D eigenvalue weighted by molar-refractivity contribution is 6.07. The van der Waals surface area contributed by atoms with Crippen LogP contribution in [0.1, 0.15) is 50.9 Å². The zero-order chi connectivity index (χ0) is 20.6. The summed E-state index contributed by atoms with van der Waals surface area (Å²) in [7, 11) is 1.82. The van der Waals surface area contributed by atoms with Gasteiger partial charge in [0.2, 0.25) is 5.91 Å². The van der Waals surface area contributed by atoms with Crippen molar-refractivity contribution in [2.75, 3.05) is 25.2 Å². The number of benzene rings is 1. The summed E-state index contributed by atoms with van der Waals surface area (Å²) in [4.78, 5) is 19.1. The molecule has 156 valence electrons. The van der Waals surface area contributed by atoms with Gasteiger partial charge in [0.05, 0.1) is 18.1 Å². The average molecular weight is 399 g/mol. The molecule has 0 spiro atoms. The van der Waals surface area contributed by atoms with Gasteiger partial charge in [0, 0.05) is 37.9 Å². The highest BCUT2D eigenvalue weighted by atomic mass is 16.5. The van der Waals surface area contributed by atoms with Gasteiger partial charge in [-0.3, -0.25) is 4.79 Å². The molecule has 1 fully saturated rings. The number of aromatic nitrogens is 3. The molecule has 0 radical (unpaired) electrons. The Hall–Kier alpha value is -2.25. The van der Waals surface area contributed by atoms with Crippen molar-refractivity contribution < 1.29 is 14.6 Å². The SMILES string of the molecule is CN1C(=O)C(C)(C)c2cc(-c3nc(CCCO)nn3CC3CCCCO3)ccc21. The minimum absolute atomic E-state index is 0.102. The molecule has 2 aliphatic rings. The second-order valence-corrected chi connectivity index (χ2v) is 8.57. The number of hydrogen-bond donors (Lipinski definition) is 1. The van der Waals surface area contributed by atoms with E-state index in [4.69, 9.17) is 14.8 Å². The summed E-state index contributed by atoms with van der Waals surface area (Å²) in [6.07, 6.45) is 4.74. The Kier molecular flexibility index (Phi) is 5.44. The Morgan fingerprint density at radius 2 is 2.14 bits per heavy atom. The summed E-state index contributed by atoms with van der Waals surface area (Å²) in [5.41, 5.74) is 2.37. The minimum Gasteiger partial charge on any atom is -0.396 e. The van der Waals surface area contributed by atoms with Crippen molar-refractivity contribution in [2.45, 2.75) is 64.0 Å². The molecule has 3 heterocycles. The molecular weight excluding hydrogens is 368 g/mol. The topological polar surface area (TPSA) is 80.5 Å². The third-order valence-electron chi connectivity index (χ3n) is 6.05. The van der Waals surface area contributed by atoms with Crippen LogP contribution < -0.4 is 4.90 Å². The first-order valence-electron chi connectivity index (χ1n) is 10.5. The van der Waals surface area contributed by atoms with E-state index in [1.807, 2.05) is 37.7 Å². The van der Waals surface area contributed by atoms with Gasteiger partial charge in [-0.1, -0.05) is 0 Å². The molecule has 4 rings (SSSR count). The maximum absolute atomic E-state index is 12.6. The molecule has 2 aromatic rings. The molecule has 1 atom stereocenters. The lowest BCUT2D eigenvalue weighted by Gasteiger charge is -2.23. The summed E-state index contributed by atoms with van der Waals surface area (Å²) in [6, 6.07) is 6.09. The van der Waals surface area contributed by atoms with Crippen LogP contribution in [0.25, 0.3) is 11.4 Å². The van der Waals surface area contributed by atoms with Crippen LogP contribution >= 0.6 is 0 Å². The molecule has 7 heteroatoms. The van der Waals surface area contributed by atoms with Crippen LogP contribution in [0, 0.1) is 0 Å². The van der Waals surface area contributed by atoms with Gasteiger partial charge in [0.25, 0.3) is 0 Å². The molecule has 0 saturated carbocycles. The van der Waals surface area contributed by atoms with Gasteiger partial charge in [-0.05, 0) is 63.3 Å². The van der Waals surface area contributed by atoms with Gasteiger partial charge >= 0.3 is 0 Å². The molecule has 2 aliphatic heterocycles. The van der Waals surface area contributed by atoms with E-state index in [1.165, 1.54) is 6.42 Å². The van der Waals surface area contributed by atoms with Crippen molar-refractivity contribution in [1.82, 2.24) is 14.8 Å². The third kappa shape index (κ3) is 3.69. The van der Waals surface area contributed by atoms with Gasteiger partial charge in [-0.15, -0.1) is 0 Å². The third-order valence-corrected chi connectivity index (χ3v) is 6.05. The van der Waals surface area contributed by atoms with Gasteiger partial charge in [0.1, 0.15) is 0 Å². The van der Waals surface area contributed by atoms with Crippen LogP contribution in [0.2, 0.25) is 0 Å². The van der Waals surface area contributed by atoms with Gasteiger partial charge in [-0.2, -0.15) is 5.10 Å². The zero-order valence-electron chi connectivity index (χ0n) is 17.5. The van der Waals surface area contributed by atoms with Crippen molar-refractivity contribution >= 4 is 11.6 Å². The first-order valence-corrected chi connectivity index (χ1v) is 10.5.